The molecule has 1 aromatic heterocycles. The van der Waals surface area contributed by atoms with E-state index in [2.05, 4.69) is 10.3 Å². The number of halogens is 2. The van der Waals surface area contributed by atoms with Crippen LogP contribution in [0, 0.1) is 5.82 Å². The zero-order valence-electron chi connectivity index (χ0n) is 11.7. The number of benzene rings is 1. The Morgan fingerprint density at radius 2 is 2.10 bits per heavy atom. The molecule has 6 heteroatoms. The van der Waals surface area contributed by atoms with Crippen molar-refractivity contribution < 1.29 is 9.18 Å². The van der Waals surface area contributed by atoms with Crippen LogP contribution in [0.25, 0.3) is 0 Å². The standard InChI is InChI=1S/C15H15ClFN3O/c1-18-14-13(17)11(7-8-19-14)15(21)20(2)9-10-5-3-4-6-12(10)16/h3-8H,9H2,1-2H3,(H,18,19). The Morgan fingerprint density at radius 1 is 1.38 bits per heavy atom. The molecule has 0 radical (unpaired) electrons. The molecule has 0 saturated carbocycles. The minimum atomic E-state index is -0.656. The maximum absolute atomic E-state index is 14.1. The molecule has 2 rings (SSSR count). The van der Waals surface area contributed by atoms with Gasteiger partial charge in [0.1, 0.15) is 0 Å². The summed E-state index contributed by atoms with van der Waals surface area (Å²) in [7, 11) is 3.15. The van der Waals surface area contributed by atoms with Crippen LogP contribution in [0.3, 0.4) is 0 Å². The number of hydrogen-bond acceptors (Lipinski definition) is 3. The highest BCUT2D eigenvalue weighted by atomic mass is 35.5. The van der Waals surface area contributed by atoms with Gasteiger partial charge in [0.05, 0.1) is 5.56 Å². The van der Waals surface area contributed by atoms with Crippen molar-refractivity contribution in [3.63, 3.8) is 0 Å². The van der Waals surface area contributed by atoms with Crippen molar-refractivity contribution in [1.82, 2.24) is 9.88 Å². The normalized spacial score (nSPS) is 10.3. The van der Waals surface area contributed by atoms with Gasteiger partial charge < -0.3 is 10.2 Å². The number of nitrogens with zero attached hydrogens (tertiary/aromatic N) is 2. The summed E-state index contributed by atoms with van der Waals surface area (Å²) in [6.07, 6.45) is 1.39. The van der Waals surface area contributed by atoms with Crippen molar-refractivity contribution >= 4 is 23.3 Å². The fourth-order valence-electron chi connectivity index (χ4n) is 1.94. The highest BCUT2D eigenvalue weighted by Crippen LogP contribution is 2.20. The van der Waals surface area contributed by atoms with Gasteiger partial charge in [0.15, 0.2) is 11.6 Å². The van der Waals surface area contributed by atoms with Gasteiger partial charge in [-0.1, -0.05) is 29.8 Å². The van der Waals surface area contributed by atoms with Crippen LogP contribution in [-0.2, 0) is 6.54 Å². The maximum atomic E-state index is 14.1. The van der Waals surface area contributed by atoms with Gasteiger partial charge in [-0.2, -0.15) is 0 Å². The first-order valence-corrected chi connectivity index (χ1v) is 6.73. The van der Waals surface area contributed by atoms with Crippen LogP contribution in [0.5, 0.6) is 0 Å². The number of pyridine rings is 1. The summed E-state index contributed by atoms with van der Waals surface area (Å²) in [4.78, 5) is 17.6. The minimum absolute atomic E-state index is 0.0242. The summed E-state index contributed by atoms with van der Waals surface area (Å²) in [6, 6.07) is 8.60. The lowest BCUT2D eigenvalue weighted by molar-refractivity contribution is 0.0780. The molecule has 0 saturated heterocycles. The number of carbonyl (C=O) groups excluding carboxylic acids is 1. The summed E-state index contributed by atoms with van der Waals surface area (Å²) in [5.41, 5.74) is 0.780. The number of anilines is 1. The van der Waals surface area contributed by atoms with Gasteiger partial charge in [0, 0.05) is 31.9 Å². The highest BCUT2D eigenvalue weighted by Gasteiger charge is 2.19. The molecule has 1 N–H and O–H groups in total. The molecule has 0 bridgehead atoms. The Bertz CT molecular complexity index is 663. The average Bonchev–Trinajstić information content (AvgIpc) is 2.49. The topological polar surface area (TPSA) is 45.2 Å². The molecule has 1 heterocycles. The summed E-state index contributed by atoms with van der Waals surface area (Å²) < 4.78 is 14.1. The van der Waals surface area contributed by atoms with Crippen LogP contribution in [-0.4, -0.2) is 29.9 Å². The minimum Gasteiger partial charge on any atom is -0.371 e. The lowest BCUT2D eigenvalue weighted by atomic mass is 10.2. The molecule has 1 amide bonds. The smallest absolute Gasteiger partial charge is 0.257 e. The molecule has 0 spiro atoms. The third-order valence-electron chi connectivity index (χ3n) is 3.07. The van der Waals surface area contributed by atoms with Crippen molar-refractivity contribution in [2.45, 2.75) is 6.54 Å². The molecule has 0 aliphatic heterocycles. The quantitative estimate of drug-likeness (QED) is 0.943. The van der Waals surface area contributed by atoms with Gasteiger partial charge in [0.2, 0.25) is 0 Å². The number of amides is 1. The van der Waals surface area contributed by atoms with Crippen molar-refractivity contribution in [2.24, 2.45) is 0 Å². The molecular formula is C15H15ClFN3O. The fraction of sp³-hybridized carbons (Fsp3) is 0.200. The summed E-state index contributed by atoms with van der Waals surface area (Å²) in [6.45, 7) is 0.301. The second-order valence-electron chi connectivity index (χ2n) is 4.52. The van der Waals surface area contributed by atoms with Crippen LogP contribution < -0.4 is 5.32 Å². The SMILES string of the molecule is CNc1nccc(C(=O)N(C)Cc2ccccc2Cl)c1F. The number of rotatable bonds is 4. The second-order valence-corrected chi connectivity index (χ2v) is 4.93. The zero-order chi connectivity index (χ0) is 15.4. The first-order chi connectivity index (χ1) is 10.0. The zero-order valence-corrected chi connectivity index (χ0v) is 12.5. The fourth-order valence-corrected chi connectivity index (χ4v) is 2.14. The van der Waals surface area contributed by atoms with E-state index in [9.17, 15) is 9.18 Å². The Kier molecular flexibility index (Phi) is 4.75. The van der Waals surface area contributed by atoms with Crippen LogP contribution >= 0.6 is 11.6 Å². The Labute approximate surface area is 127 Å². The van der Waals surface area contributed by atoms with Gasteiger partial charge in [-0.05, 0) is 17.7 Å². The number of aromatic nitrogens is 1. The summed E-state index contributed by atoms with van der Waals surface area (Å²) in [5.74, 6) is -1.03. The molecular weight excluding hydrogens is 293 g/mol. The van der Waals surface area contributed by atoms with E-state index >= 15 is 0 Å². The molecule has 21 heavy (non-hydrogen) atoms. The van der Waals surface area contributed by atoms with Crippen LogP contribution in [0.2, 0.25) is 5.02 Å². The Morgan fingerprint density at radius 3 is 2.76 bits per heavy atom. The van der Waals surface area contributed by atoms with E-state index in [-0.39, 0.29) is 11.4 Å². The average molecular weight is 308 g/mol. The maximum Gasteiger partial charge on any atom is 0.257 e. The number of hydrogen-bond donors (Lipinski definition) is 1. The third kappa shape index (κ3) is 3.31. The van der Waals surface area contributed by atoms with E-state index in [0.717, 1.165) is 5.56 Å². The van der Waals surface area contributed by atoms with Gasteiger partial charge >= 0.3 is 0 Å². The molecule has 0 fully saturated rings. The van der Waals surface area contributed by atoms with Gasteiger partial charge in [0.25, 0.3) is 5.91 Å². The number of carbonyl (C=O) groups is 1. The van der Waals surface area contributed by atoms with Crippen LogP contribution in [0.1, 0.15) is 15.9 Å². The van der Waals surface area contributed by atoms with E-state index in [0.29, 0.717) is 11.6 Å². The third-order valence-corrected chi connectivity index (χ3v) is 3.44. The van der Waals surface area contributed by atoms with Crippen LogP contribution in [0.15, 0.2) is 36.5 Å². The van der Waals surface area contributed by atoms with Gasteiger partial charge in [-0.15, -0.1) is 0 Å². The van der Waals surface area contributed by atoms with E-state index in [4.69, 9.17) is 11.6 Å². The lowest BCUT2D eigenvalue weighted by Crippen LogP contribution is -2.27. The van der Waals surface area contributed by atoms with E-state index in [1.807, 2.05) is 18.2 Å². The van der Waals surface area contributed by atoms with Crippen molar-refractivity contribution in [3.05, 3.63) is 58.5 Å². The first kappa shape index (κ1) is 15.3. The second kappa shape index (κ2) is 6.54. The van der Waals surface area contributed by atoms with Crippen molar-refractivity contribution in [3.8, 4) is 0 Å². The van der Waals surface area contributed by atoms with Crippen LogP contribution in [0.4, 0.5) is 10.2 Å². The molecule has 4 nitrogen and oxygen atoms in total. The Balaban J connectivity index is 2.22. The molecule has 2 aromatic rings. The van der Waals surface area contributed by atoms with Crippen molar-refractivity contribution in [2.75, 3.05) is 19.4 Å². The lowest BCUT2D eigenvalue weighted by Gasteiger charge is -2.18. The number of nitrogens with one attached hydrogen (secondary N) is 1. The summed E-state index contributed by atoms with van der Waals surface area (Å²) in [5, 5.41) is 3.18. The van der Waals surface area contributed by atoms with E-state index < -0.39 is 11.7 Å². The molecule has 0 atom stereocenters. The van der Waals surface area contributed by atoms with E-state index in [1.165, 1.54) is 17.2 Å². The van der Waals surface area contributed by atoms with Gasteiger partial charge in [-0.3, -0.25) is 4.79 Å². The summed E-state index contributed by atoms with van der Waals surface area (Å²) >= 11 is 6.07. The molecule has 1 aromatic carbocycles. The van der Waals surface area contributed by atoms with Gasteiger partial charge in [-0.25, -0.2) is 9.37 Å². The molecule has 0 unspecified atom stereocenters. The predicted octanol–water partition coefficient (Wildman–Crippen LogP) is 3.19. The van der Waals surface area contributed by atoms with Crippen molar-refractivity contribution in [1.29, 1.82) is 0 Å². The Hall–Kier alpha value is -2.14. The molecule has 0 aliphatic carbocycles. The first-order valence-electron chi connectivity index (χ1n) is 6.35. The molecule has 110 valence electrons. The molecule has 0 aliphatic rings. The monoisotopic (exact) mass is 307 g/mol. The van der Waals surface area contributed by atoms with E-state index in [1.54, 1.807) is 20.2 Å². The predicted molar refractivity (Wildman–Crippen MR) is 81.0 cm³/mol. The largest absolute Gasteiger partial charge is 0.371 e. The highest BCUT2D eigenvalue weighted by molar-refractivity contribution is 6.31.